The van der Waals surface area contributed by atoms with Gasteiger partial charge in [0.2, 0.25) is 0 Å². The van der Waals surface area contributed by atoms with E-state index in [-0.39, 0.29) is 17.5 Å². The third kappa shape index (κ3) is 3.24. The molecule has 0 heterocycles. The highest BCUT2D eigenvalue weighted by atomic mass is 19.4. The SMILES string of the molecule is O=C1CCCC[C@@H]1c1ccc(OC(F)(F)F)cc1. The first-order chi connectivity index (χ1) is 8.46. The van der Waals surface area contributed by atoms with Gasteiger partial charge in [-0.05, 0) is 30.5 Å². The monoisotopic (exact) mass is 258 g/mol. The van der Waals surface area contributed by atoms with Gasteiger partial charge in [0.25, 0.3) is 0 Å². The third-order valence-electron chi connectivity index (χ3n) is 3.07. The van der Waals surface area contributed by atoms with Crippen LogP contribution in [0.1, 0.15) is 37.2 Å². The number of halogens is 3. The van der Waals surface area contributed by atoms with E-state index in [1.165, 1.54) is 24.3 Å². The molecule has 2 rings (SSSR count). The van der Waals surface area contributed by atoms with Crippen molar-refractivity contribution in [3.63, 3.8) is 0 Å². The summed E-state index contributed by atoms with van der Waals surface area (Å²) >= 11 is 0. The van der Waals surface area contributed by atoms with Crippen LogP contribution in [0.5, 0.6) is 5.75 Å². The fraction of sp³-hybridized carbons (Fsp3) is 0.462. The molecule has 98 valence electrons. The Balaban J connectivity index is 2.09. The van der Waals surface area contributed by atoms with E-state index in [9.17, 15) is 18.0 Å². The minimum Gasteiger partial charge on any atom is -0.406 e. The van der Waals surface area contributed by atoms with Crippen LogP contribution >= 0.6 is 0 Å². The molecule has 0 radical (unpaired) electrons. The second-order valence-electron chi connectivity index (χ2n) is 4.38. The zero-order chi connectivity index (χ0) is 13.2. The zero-order valence-electron chi connectivity index (χ0n) is 9.67. The van der Waals surface area contributed by atoms with Crippen molar-refractivity contribution in [2.75, 3.05) is 0 Å². The van der Waals surface area contributed by atoms with Gasteiger partial charge in [-0.1, -0.05) is 18.6 Å². The molecule has 1 fully saturated rings. The van der Waals surface area contributed by atoms with Gasteiger partial charge in [-0.3, -0.25) is 4.79 Å². The van der Waals surface area contributed by atoms with Gasteiger partial charge < -0.3 is 4.74 Å². The van der Waals surface area contributed by atoms with Gasteiger partial charge in [-0.15, -0.1) is 13.2 Å². The fourth-order valence-corrected chi connectivity index (χ4v) is 2.24. The average Bonchev–Trinajstić information content (AvgIpc) is 2.29. The lowest BCUT2D eigenvalue weighted by Crippen LogP contribution is -2.18. The van der Waals surface area contributed by atoms with E-state index in [2.05, 4.69) is 4.74 Å². The normalized spacial score (nSPS) is 20.8. The number of ether oxygens (including phenoxy) is 1. The first-order valence-electron chi connectivity index (χ1n) is 5.84. The fourth-order valence-electron chi connectivity index (χ4n) is 2.24. The van der Waals surface area contributed by atoms with Crippen molar-refractivity contribution in [3.05, 3.63) is 29.8 Å². The van der Waals surface area contributed by atoms with Crippen LogP contribution < -0.4 is 4.74 Å². The molecule has 1 aromatic rings. The van der Waals surface area contributed by atoms with E-state index in [1.54, 1.807) is 0 Å². The van der Waals surface area contributed by atoms with Crippen LogP contribution in [0.4, 0.5) is 13.2 Å². The molecule has 0 bridgehead atoms. The number of benzene rings is 1. The van der Waals surface area contributed by atoms with E-state index in [0.717, 1.165) is 24.8 Å². The molecule has 1 aromatic carbocycles. The van der Waals surface area contributed by atoms with Gasteiger partial charge >= 0.3 is 6.36 Å². The zero-order valence-corrected chi connectivity index (χ0v) is 9.67. The summed E-state index contributed by atoms with van der Waals surface area (Å²) in [7, 11) is 0. The minimum absolute atomic E-state index is 0.168. The van der Waals surface area contributed by atoms with Gasteiger partial charge in [0.05, 0.1) is 0 Å². The highest BCUT2D eigenvalue weighted by molar-refractivity contribution is 5.86. The Bertz CT molecular complexity index is 423. The predicted octanol–water partition coefficient (Wildman–Crippen LogP) is 3.81. The molecule has 18 heavy (non-hydrogen) atoms. The molecule has 1 aliphatic carbocycles. The lowest BCUT2D eigenvalue weighted by Gasteiger charge is -2.21. The van der Waals surface area contributed by atoms with E-state index >= 15 is 0 Å². The number of carbonyl (C=O) groups is 1. The summed E-state index contributed by atoms with van der Waals surface area (Å²) in [4.78, 5) is 11.7. The molecule has 0 unspecified atom stereocenters. The van der Waals surface area contributed by atoms with Crippen LogP contribution in [0.15, 0.2) is 24.3 Å². The molecule has 0 amide bonds. The Morgan fingerprint density at radius 2 is 1.78 bits per heavy atom. The molecule has 1 aliphatic rings. The second kappa shape index (κ2) is 5.00. The van der Waals surface area contributed by atoms with Gasteiger partial charge in [-0.25, -0.2) is 0 Å². The first kappa shape index (κ1) is 12.9. The minimum atomic E-state index is -4.68. The van der Waals surface area contributed by atoms with Crippen molar-refractivity contribution in [2.45, 2.75) is 38.0 Å². The first-order valence-corrected chi connectivity index (χ1v) is 5.84. The largest absolute Gasteiger partial charge is 0.573 e. The molecule has 1 saturated carbocycles. The molecule has 2 nitrogen and oxygen atoms in total. The number of hydrogen-bond donors (Lipinski definition) is 0. The molecule has 1 atom stereocenters. The number of alkyl halides is 3. The molecule has 0 N–H and O–H groups in total. The molecule has 0 saturated heterocycles. The Kier molecular flexibility index (Phi) is 3.59. The highest BCUT2D eigenvalue weighted by Crippen LogP contribution is 2.31. The second-order valence-corrected chi connectivity index (χ2v) is 4.38. The van der Waals surface area contributed by atoms with Gasteiger partial charge in [0.1, 0.15) is 11.5 Å². The molecular weight excluding hydrogens is 245 g/mol. The van der Waals surface area contributed by atoms with Gasteiger partial charge in [0, 0.05) is 12.3 Å². The smallest absolute Gasteiger partial charge is 0.406 e. The summed E-state index contributed by atoms with van der Waals surface area (Å²) in [6, 6.07) is 5.58. The predicted molar refractivity (Wildman–Crippen MR) is 59.3 cm³/mol. The van der Waals surface area contributed by atoms with Gasteiger partial charge in [0.15, 0.2) is 0 Å². The van der Waals surface area contributed by atoms with Crippen LogP contribution in [-0.2, 0) is 4.79 Å². The van der Waals surface area contributed by atoms with Crippen LogP contribution in [-0.4, -0.2) is 12.1 Å². The van der Waals surface area contributed by atoms with Crippen LogP contribution in [0.3, 0.4) is 0 Å². The lowest BCUT2D eigenvalue weighted by molar-refractivity contribution is -0.274. The third-order valence-corrected chi connectivity index (χ3v) is 3.07. The Morgan fingerprint density at radius 3 is 2.33 bits per heavy atom. The molecule has 5 heteroatoms. The quantitative estimate of drug-likeness (QED) is 0.806. The van der Waals surface area contributed by atoms with E-state index in [1.807, 2.05) is 0 Å². The highest BCUT2D eigenvalue weighted by Gasteiger charge is 2.31. The standard InChI is InChI=1S/C13H13F3O2/c14-13(15,16)18-10-7-5-9(6-8-10)11-3-1-2-4-12(11)17/h5-8,11H,1-4H2/t11-/m1/s1. The van der Waals surface area contributed by atoms with Crippen molar-refractivity contribution in [3.8, 4) is 5.75 Å². The summed E-state index contributed by atoms with van der Waals surface area (Å²) in [6.07, 6.45) is -1.45. The number of carbonyl (C=O) groups excluding carboxylic acids is 1. The summed E-state index contributed by atoms with van der Waals surface area (Å²) in [6.45, 7) is 0. The maximum absolute atomic E-state index is 12.0. The van der Waals surface area contributed by atoms with Crippen LogP contribution in [0.2, 0.25) is 0 Å². The summed E-state index contributed by atoms with van der Waals surface area (Å²) in [5, 5.41) is 0. The average molecular weight is 258 g/mol. The van der Waals surface area contributed by atoms with Crippen molar-refractivity contribution in [1.29, 1.82) is 0 Å². The van der Waals surface area contributed by atoms with Crippen LogP contribution in [0, 0.1) is 0 Å². The number of rotatable bonds is 2. The Labute approximate surface area is 103 Å². The molecular formula is C13H13F3O2. The van der Waals surface area contributed by atoms with Crippen molar-refractivity contribution in [2.24, 2.45) is 0 Å². The maximum Gasteiger partial charge on any atom is 0.573 e. The van der Waals surface area contributed by atoms with Crippen molar-refractivity contribution in [1.82, 2.24) is 0 Å². The Morgan fingerprint density at radius 1 is 1.11 bits per heavy atom. The van der Waals surface area contributed by atoms with Crippen molar-refractivity contribution >= 4 is 5.78 Å². The topological polar surface area (TPSA) is 26.3 Å². The van der Waals surface area contributed by atoms with E-state index in [0.29, 0.717) is 6.42 Å². The molecule has 0 spiro atoms. The van der Waals surface area contributed by atoms with E-state index < -0.39 is 6.36 Å². The summed E-state index contributed by atoms with van der Waals surface area (Å²) in [5.41, 5.74) is 0.772. The number of hydrogen-bond acceptors (Lipinski definition) is 2. The molecule has 0 aromatic heterocycles. The van der Waals surface area contributed by atoms with Crippen LogP contribution in [0.25, 0.3) is 0 Å². The van der Waals surface area contributed by atoms with Gasteiger partial charge in [-0.2, -0.15) is 0 Å². The van der Waals surface area contributed by atoms with E-state index in [4.69, 9.17) is 0 Å². The van der Waals surface area contributed by atoms with Crippen molar-refractivity contribution < 1.29 is 22.7 Å². The summed E-state index contributed by atoms with van der Waals surface area (Å²) in [5.74, 6) is -0.251. The lowest BCUT2D eigenvalue weighted by atomic mass is 9.83. The Hall–Kier alpha value is -1.52. The molecule has 0 aliphatic heterocycles. The maximum atomic E-state index is 12.0. The number of Topliss-reactive ketones (excluding diaryl/α,β-unsaturated/α-hetero) is 1. The summed E-state index contributed by atoms with van der Waals surface area (Å²) < 4.78 is 39.7. The number of ketones is 1.